The molecule has 1 atom stereocenters. The van der Waals surface area contributed by atoms with E-state index >= 15 is 0 Å². The molecule has 0 spiro atoms. The van der Waals surface area contributed by atoms with Crippen molar-refractivity contribution in [1.29, 1.82) is 0 Å². The molecule has 0 aliphatic rings. The van der Waals surface area contributed by atoms with Crippen molar-refractivity contribution in [3.63, 3.8) is 0 Å². The van der Waals surface area contributed by atoms with Crippen molar-refractivity contribution in [1.82, 2.24) is 19.6 Å². The molecule has 2 aromatic heterocycles. The molecule has 4 rings (SSSR count). The monoisotopic (exact) mass is 395 g/mol. The third-order valence-corrected chi connectivity index (χ3v) is 5.60. The summed E-state index contributed by atoms with van der Waals surface area (Å²) < 4.78 is 15.5. The third kappa shape index (κ3) is 3.43. The van der Waals surface area contributed by atoms with Gasteiger partial charge in [-0.15, -0.1) is 5.10 Å². The normalized spacial score (nSPS) is 12.4. The largest absolute Gasteiger partial charge is 0.323 e. The van der Waals surface area contributed by atoms with Gasteiger partial charge in [0.2, 0.25) is 5.91 Å². The number of amides is 1. The Bertz CT molecular complexity index is 1180. The summed E-state index contributed by atoms with van der Waals surface area (Å²) in [6.07, 6.45) is 0.550. The number of thioether (sulfide) groups is 1. The molecule has 0 unspecified atom stereocenters. The van der Waals surface area contributed by atoms with Gasteiger partial charge < -0.3 is 5.32 Å². The second-order valence-corrected chi connectivity index (χ2v) is 7.46. The first-order chi connectivity index (χ1) is 13.6. The molecule has 0 aliphatic carbocycles. The van der Waals surface area contributed by atoms with Gasteiger partial charge in [-0.2, -0.15) is 4.52 Å². The van der Waals surface area contributed by atoms with Gasteiger partial charge in [0.15, 0.2) is 10.8 Å². The lowest BCUT2D eigenvalue weighted by Gasteiger charge is -2.15. The van der Waals surface area contributed by atoms with Crippen molar-refractivity contribution in [2.75, 3.05) is 5.32 Å². The summed E-state index contributed by atoms with van der Waals surface area (Å²) in [6.45, 7) is 3.72. The van der Waals surface area contributed by atoms with Crippen LogP contribution in [-0.4, -0.2) is 30.7 Å². The molecule has 2 aromatic carbocycles. The molecule has 0 fully saturated rings. The first-order valence-electron chi connectivity index (χ1n) is 8.91. The lowest BCUT2D eigenvalue weighted by molar-refractivity contribution is -0.115. The molecule has 6 nitrogen and oxygen atoms in total. The fourth-order valence-electron chi connectivity index (χ4n) is 2.93. The number of nitrogens with zero attached hydrogens (tertiary/aromatic N) is 4. The third-order valence-electron chi connectivity index (χ3n) is 4.30. The van der Waals surface area contributed by atoms with Gasteiger partial charge in [0.1, 0.15) is 11.6 Å². The number of anilines is 1. The van der Waals surface area contributed by atoms with Crippen molar-refractivity contribution in [2.24, 2.45) is 0 Å². The summed E-state index contributed by atoms with van der Waals surface area (Å²) in [6, 6.07) is 13.8. The lowest BCUT2D eigenvalue weighted by Crippen LogP contribution is -2.25. The average Bonchev–Trinajstić information content (AvgIpc) is 3.09. The summed E-state index contributed by atoms with van der Waals surface area (Å²) in [5.41, 5.74) is 1.66. The molecule has 0 radical (unpaired) electrons. The van der Waals surface area contributed by atoms with Gasteiger partial charge in [-0.1, -0.05) is 43.0 Å². The zero-order chi connectivity index (χ0) is 19.7. The van der Waals surface area contributed by atoms with Crippen LogP contribution in [0.15, 0.2) is 53.7 Å². The number of hydrogen-bond acceptors (Lipinski definition) is 5. The van der Waals surface area contributed by atoms with E-state index in [2.05, 4.69) is 20.4 Å². The van der Waals surface area contributed by atoms with E-state index in [-0.39, 0.29) is 11.6 Å². The van der Waals surface area contributed by atoms with Crippen LogP contribution in [0, 0.1) is 12.7 Å². The van der Waals surface area contributed by atoms with E-state index < -0.39 is 11.1 Å². The van der Waals surface area contributed by atoms with Crippen molar-refractivity contribution < 1.29 is 9.18 Å². The Morgan fingerprint density at radius 2 is 1.93 bits per heavy atom. The standard InChI is InChI=1S/C20H18FN5OS/c1-3-17(19(27)23-16-11-7-5-9-14(16)21)28-20-24-15-10-6-4-8-13(15)18-22-12(2)25-26(18)20/h4-11,17H,3H2,1-2H3,(H,23,27)/t17-/m1/s1. The van der Waals surface area contributed by atoms with Gasteiger partial charge in [-0.3, -0.25) is 4.79 Å². The van der Waals surface area contributed by atoms with Crippen LogP contribution in [0.1, 0.15) is 19.2 Å². The number of para-hydroxylation sites is 2. The lowest BCUT2D eigenvalue weighted by atomic mass is 10.2. The topological polar surface area (TPSA) is 72.2 Å². The van der Waals surface area contributed by atoms with Crippen LogP contribution < -0.4 is 5.32 Å². The smallest absolute Gasteiger partial charge is 0.238 e. The molecule has 8 heteroatoms. The number of carbonyl (C=O) groups is 1. The van der Waals surface area contributed by atoms with E-state index in [0.717, 1.165) is 10.9 Å². The maximum absolute atomic E-state index is 13.9. The molecule has 142 valence electrons. The minimum atomic E-state index is -0.464. The maximum Gasteiger partial charge on any atom is 0.238 e. The van der Waals surface area contributed by atoms with E-state index in [1.165, 1.54) is 23.9 Å². The predicted molar refractivity (Wildman–Crippen MR) is 108 cm³/mol. The van der Waals surface area contributed by atoms with Crippen LogP contribution in [-0.2, 0) is 4.79 Å². The van der Waals surface area contributed by atoms with E-state index in [4.69, 9.17) is 0 Å². The number of hydrogen-bond donors (Lipinski definition) is 1. The predicted octanol–water partition coefficient (Wildman–Crippen LogP) is 4.23. The van der Waals surface area contributed by atoms with E-state index in [0.29, 0.717) is 23.0 Å². The number of halogens is 1. The number of aromatic nitrogens is 4. The average molecular weight is 395 g/mol. The Hall–Kier alpha value is -3.00. The minimum absolute atomic E-state index is 0.166. The summed E-state index contributed by atoms with van der Waals surface area (Å²) in [7, 11) is 0. The molecule has 0 bridgehead atoms. The van der Waals surface area contributed by atoms with E-state index in [9.17, 15) is 9.18 Å². The number of aryl methyl sites for hydroxylation is 1. The molecular formula is C20H18FN5OS. The number of benzene rings is 2. The highest BCUT2D eigenvalue weighted by atomic mass is 32.2. The van der Waals surface area contributed by atoms with Gasteiger partial charge in [0.05, 0.1) is 16.5 Å². The Balaban J connectivity index is 1.68. The molecule has 0 saturated carbocycles. The molecule has 28 heavy (non-hydrogen) atoms. The highest BCUT2D eigenvalue weighted by Crippen LogP contribution is 2.29. The van der Waals surface area contributed by atoms with Crippen molar-refractivity contribution in [3.05, 3.63) is 60.2 Å². The van der Waals surface area contributed by atoms with Crippen LogP contribution in [0.25, 0.3) is 16.6 Å². The van der Waals surface area contributed by atoms with Crippen molar-refractivity contribution in [3.8, 4) is 0 Å². The first-order valence-corrected chi connectivity index (χ1v) is 9.79. The van der Waals surface area contributed by atoms with Crippen LogP contribution in [0.4, 0.5) is 10.1 Å². The molecule has 2 heterocycles. The van der Waals surface area contributed by atoms with Crippen LogP contribution in [0.3, 0.4) is 0 Å². The number of fused-ring (bicyclic) bond motifs is 3. The number of nitrogens with one attached hydrogen (secondary N) is 1. The Labute approximate surface area is 165 Å². The Kier molecular flexibility index (Phi) is 4.95. The van der Waals surface area contributed by atoms with E-state index in [1.54, 1.807) is 16.6 Å². The molecular weight excluding hydrogens is 377 g/mol. The van der Waals surface area contributed by atoms with Gasteiger partial charge in [0, 0.05) is 5.39 Å². The zero-order valence-electron chi connectivity index (χ0n) is 15.4. The Morgan fingerprint density at radius 3 is 2.71 bits per heavy atom. The van der Waals surface area contributed by atoms with Crippen LogP contribution in [0.5, 0.6) is 0 Å². The van der Waals surface area contributed by atoms with Crippen molar-refractivity contribution >= 4 is 39.9 Å². The van der Waals surface area contributed by atoms with Crippen molar-refractivity contribution in [2.45, 2.75) is 30.7 Å². The summed E-state index contributed by atoms with van der Waals surface area (Å²) in [5, 5.41) is 8.12. The SMILES string of the molecule is CC[C@@H](Sc1nc2ccccc2c2nc(C)nn12)C(=O)Nc1ccccc1F. The summed E-state index contributed by atoms with van der Waals surface area (Å²) in [4.78, 5) is 21.9. The number of carbonyl (C=O) groups excluding carboxylic acids is 1. The highest BCUT2D eigenvalue weighted by Gasteiger charge is 2.22. The molecule has 0 saturated heterocycles. The van der Waals surface area contributed by atoms with Gasteiger partial charge >= 0.3 is 0 Å². The quantitative estimate of drug-likeness (QED) is 0.404. The second-order valence-electron chi connectivity index (χ2n) is 6.29. The highest BCUT2D eigenvalue weighted by molar-refractivity contribution is 8.00. The summed E-state index contributed by atoms with van der Waals surface area (Å²) in [5.74, 6) is -0.116. The van der Waals surface area contributed by atoms with Crippen LogP contribution in [0.2, 0.25) is 0 Å². The fourth-order valence-corrected chi connectivity index (χ4v) is 3.90. The second kappa shape index (κ2) is 7.55. The zero-order valence-corrected chi connectivity index (χ0v) is 16.2. The molecule has 4 aromatic rings. The van der Waals surface area contributed by atoms with E-state index in [1.807, 2.05) is 38.1 Å². The van der Waals surface area contributed by atoms with Gasteiger partial charge in [0.25, 0.3) is 0 Å². The molecule has 1 amide bonds. The molecule has 0 aliphatic heterocycles. The molecule has 1 N–H and O–H groups in total. The maximum atomic E-state index is 13.9. The minimum Gasteiger partial charge on any atom is -0.323 e. The fraction of sp³-hybridized carbons (Fsp3) is 0.200. The summed E-state index contributed by atoms with van der Waals surface area (Å²) >= 11 is 1.29. The van der Waals surface area contributed by atoms with Gasteiger partial charge in [-0.25, -0.2) is 14.4 Å². The van der Waals surface area contributed by atoms with Gasteiger partial charge in [-0.05, 0) is 37.6 Å². The Morgan fingerprint density at radius 1 is 1.18 bits per heavy atom. The van der Waals surface area contributed by atoms with Crippen LogP contribution >= 0.6 is 11.8 Å². The number of rotatable bonds is 5. The first kappa shape index (κ1) is 18.4.